The average Bonchev–Trinajstić information content (AvgIpc) is 2.70. The molecule has 1 aromatic heterocycles. The lowest BCUT2D eigenvalue weighted by Gasteiger charge is -2.31. The monoisotopic (exact) mass is 395 g/mol. The Labute approximate surface area is 171 Å². The van der Waals surface area contributed by atoms with E-state index >= 15 is 0 Å². The number of nitrogens with one attached hydrogen (secondary N) is 2. The van der Waals surface area contributed by atoms with Crippen LogP contribution in [0.1, 0.15) is 49.8 Å². The number of hydrogen-bond donors (Lipinski definition) is 2. The molecule has 146 valence electrons. The molecule has 1 unspecified atom stereocenters. The molecule has 28 heavy (non-hydrogen) atoms. The van der Waals surface area contributed by atoms with E-state index in [0.717, 1.165) is 24.2 Å². The minimum Gasteiger partial charge on any atom is -0.326 e. The van der Waals surface area contributed by atoms with E-state index in [2.05, 4.69) is 34.7 Å². The Hall–Kier alpha value is -2.58. The maximum atomic E-state index is 9.06. The Morgan fingerprint density at radius 3 is 2.57 bits per heavy atom. The van der Waals surface area contributed by atoms with Crippen molar-refractivity contribution >= 4 is 23.2 Å². The van der Waals surface area contributed by atoms with Crippen molar-refractivity contribution in [1.29, 1.82) is 5.26 Å². The number of anilines is 1. The lowest BCUT2D eigenvalue weighted by atomic mass is 9.76. The molecule has 1 heterocycles. The summed E-state index contributed by atoms with van der Waals surface area (Å²) in [4.78, 5) is 9.05. The Bertz CT molecular complexity index is 848. The fourth-order valence-corrected chi connectivity index (χ4v) is 4.01. The molecule has 0 amide bonds. The van der Waals surface area contributed by atoms with Crippen molar-refractivity contribution in [3.05, 3.63) is 58.9 Å². The van der Waals surface area contributed by atoms with Gasteiger partial charge < -0.3 is 5.32 Å². The fourth-order valence-electron chi connectivity index (χ4n) is 3.88. The van der Waals surface area contributed by atoms with Gasteiger partial charge in [0.05, 0.1) is 6.04 Å². The van der Waals surface area contributed by atoms with Gasteiger partial charge in [-0.2, -0.15) is 5.26 Å². The van der Waals surface area contributed by atoms with Crippen molar-refractivity contribution in [3.8, 4) is 6.19 Å². The molecule has 0 aliphatic heterocycles. The van der Waals surface area contributed by atoms with Crippen molar-refractivity contribution < 1.29 is 0 Å². The first-order valence-electron chi connectivity index (χ1n) is 9.73. The largest absolute Gasteiger partial charge is 0.326 e. The lowest BCUT2D eigenvalue weighted by molar-refractivity contribution is 0.292. The van der Waals surface area contributed by atoms with Crippen LogP contribution in [0.3, 0.4) is 0 Å². The van der Waals surface area contributed by atoms with Crippen LogP contribution in [0, 0.1) is 24.3 Å². The van der Waals surface area contributed by atoms with Gasteiger partial charge in [0, 0.05) is 22.6 Å². The molecular formula is C22H26ClN5. The van der Waals surface area contributed by atoms with E-state index < -0.39 is 0 Å². The number of benzene rings is 1. The zero-order valence-electron chi connectivity index (χ0n) is 16.3. The summed E-state index contributed by atoms with van der Waals surface area (Å²) in [5.41, 5.74) is 3.33. The van der Waals surface area contributed by atoms with E-state index in [1.54, 1.807) is 12.1 Å². The van der Waals surface area contributed by atoms with Crippen LogP contribution in [0.5, 0.6) is 0 Å². The first kappa shape index (κ1) is 20.2. The molecule has 5 nitrogen and oxygen atoms in total. The molecule has 0 saturated heterocycles. The topological polar surface area (TPSA) is 73.1 Å². The summed E-state index contributed by atoms with van der Waals surface area (Å²) in [6.45, 7) is 4.17. The molecule has 2 aromatic rings. The average molecular weight is 396 g/mol. The summed E-state index contributed by atoms with van der Waals surface area (Å²) in [5, 5.41) is 15.6. The number of aliphatic imine (C=N–C) groups is 1. The number of pyridine rings is 1. The second-order valence-corrected chi connectivity index (χ2v) is 7.87. The molecular weight excluding hydrogens is 370 g/mol. The molecule has 1 aromatic carbocycles. The number of aryl methyl sites for hydroxylation is 1. The van der Waals surface area contributed by atoms with Gasteiger partial charge in [0.2, 0.25) is 5.96 Å². The number of rotatable bonds is 4. The van der Waals surface area contributed by atoms with Gasteiger partial charge >= 0.3 is 0 Å². The number of aromatic nitrogens is 1. The number of halogens is 1. The number of nitriles is 1. The van der Waals surface area contributed by atoms with E-state index in [0.29, 0.717) is 22.8 Å². The van der Waals surface area contributed by atoms with E-state index in [-0.39, 0.29) is 6.04 Å². The van der Waals surface area contributed by atoms with E-state index in [4.69, 9.17) is 21.9 Å². The van der Waals surface area contributed by atoms with Crippen LogP contribution in [0.4, 0.5) is 5.69 Å². The van der Waals surface area contributed by atoms with Gasteiger partial charge in [0.25, 0.3) is 0 Å². The Balaban J connectivity index is 1.61. The molecule has 0 bridgehead atoms. The van der Waals surface area contributed by atoms with Gasteiger partial charge in [-0.1, -0.05) is 11.6 Å². The van der Waals surface area contributed by atoms with Gasteiger partial charge in [0.1, 0.15) is 0 Å². The highest BCUT2D eigenvalue weighted by Crippen LogP contribution is 2.37. The molecule has 1 atom stereocenters. The highest BCUT2D eigenvalue weighted by Gasteiger charge is 2.26. The van der Waals surface area contributed by atoms with Crippen LogP contribution in [-0.2, 0) is 0 Å². The van der Waals surface area contributed by atoms with Crippen LogP contribution in [-0.4, -0.2) is 17.0 Å². The van der Waals surface area contributed by atoms with Gasteiger partial charge in [-0.15, -0.1) is 0 Å². The molecule has 1 aliphatic carbocycles. The quantitative estimate of drug-likeness (QED) is 0.321. The highest BCUT2D eigenvalue weighted by molar-refractivity contribution is 6.30. The second kappa shape index (κ2) is 9.57. The first-order valence-corrected chi connectivity index (χ1v) is 10.1. The number of hydrogen-bond acceptors (Lipinski definition) is 3. The van der Waals surface area contributed by atoms with Crippen LogP contribution < -0.4 is 10.6 Å². The normalized spacial score (nSPS) is 20.9. The second-order valence-electron chi connectivity index (χ2n) is 7.43. The predicted octanol–water partition coefficient (Wildman–Crippen LogP) is 5.24. The zero-order valence-corrected chi connectivity index (χ0v) is 17.1. The molecule has 1 aliphatic rings. The first-order chi connectivity index (χ1) is 13.5. The molecule has 3 rings (SSSR count). The Morgan fingerprint density at radius 2 is 1.93 bits per heavy atom. The van der Waals surface area contributed by atoms with Crippen molar-refractivity contribution in [2.45, 2.75) is 51.5 Å². The Kier molecular flexibility index (Phi) is 6.89. The maximum Gasteiger partial charge on any atom is 0.209 e. The maximum absolute atomic E-state index is 9.06. The van der Waals surface area contributed by atoms with Gasteiger partial charge in [0.15, 0.2) is 6.19 Å². The summed E-state index contributed by atoms with van der Waals surface area (Å²) in [6.07, 6.45) is 8.48. The van der Waals surface area contributed by atoms with E-state index in [1.165, 1.54) is 18.4 Å². The predicted molar refractivity (Wildman–Crippen MR) is 114 cm³/mol. The minimum absolute atomic E-state index is 0.135. The van der Waals surface area contributed by atoms with E-state index in [9.17, 15) is 0 Å². The van der Waals surface area contributed by atoms with Crippen molar-refractivity contribution in [1.82, 2.24) is 10.3 Å². The molecule has 6 heteroatoms. The van der Waals surface area contributed by atoms with Crippen LogP contribution in [0.2, 0.25) is 5.02 Å². The SMILES string of the molecule is Cc1cc(C2CCC(C(C)N=C(NC#N)Nc3ccc(Cl)cc3)CC2)ccn1. The molecule has 1 fully saturated rings. The summed E-state index contributed by atoms with van der Waals surface area (Å²) >= 11 is 5.93. The minimum atomic E-state index is 0.135. The standard InChI is InChI=1S/C22H26ClN5/c1-15-13-19(11-12-25-15)18-5-3-17(4-6-18)16(2)27-22(26-14-24)28-21-9-7-20(23)8-10-21/h7-13,16-18H,3-6H2,1-2H3,(H2,26,27,28). The smallest absolute Gasteiger partial charge is 0.209 e. The third-order valence-corrected chi connectivity index (χ3v) is 5.71. The molecule has 1 saturated carbocycles. The summed E-state index contributed by atoms with van der Waals surface area (Å²) < 4.78 is 0. The summed E-state index contributed by atoms with van der Waals surface area (Å²) in [7, 11) is 0. The highest BCUT2D eigenvalue weighted by atomic mass is 35.5. The molecule has 2 N–H and O–H groups in total. The van der Waals surface area contributed by atoms with Gasteiger partial charge in [-0.05, 0) is 93.3 Å². The number of guanidine groups is 1. The van der Waals surface area contributed by atoms with Gasteiger partial charge in [-0.3, -0.25) is 10.3 Å². The van der Waals surface area contributed by atoms with Crippen LogP contribution in [0.25, 0.3) is 0 Å². The number of nitrogens with zero attached hydrogens (tertiary/aromatic N) is 3. The van der Waals surface area contributed by atoms with E-state index in [1.807, 2.05) is 31.4 Å². The lowest BCUT2D eigenvalue weighted by Crippen LogP contribution is -2.31. The zero-order chi connectivity index (χ0) is 19.9. The summed E-state index contributed by atoms with van der Waals surface area (Å²) in [6, 6.07) is 11.8. The van der Waals surface area contributed by atoms with Crippen molar-refractivity contribution in [2.24, 2.45) is 10.9 Å². The van der Waals surface area contributed by atoms with Crippen molar-refractivity contribution in [2.75, 3.05) is 5.32 Å². The molecule has 0 spiro atoms. The third-order valence-electron chi connectivity index (χ3n) is 5.46. The van der Waals surface area contributed by atoms with Gasteiger partial charge in [-0.25, -0.2) is 4.99 Å². The summed E-state index contributed by atoms with van der Waals surface area (Å²) in [5.74, 6) is 1.60. The van der Waals surface area contributed by atoms with Crippen molar-refractivity contribution in [3.63, 3.8) is 0 Å². The van der Waals surface area contributed by atoms with Crippen LogP contribution in [0.15, 0.2) is 47.6 Å². The fraction of sp³-hybridized carbons (Fsp3) is 0.409. The molecule has 0 radical (unpaired) electrons. The Morgan fingerprint density at radius 1 is 1.21 bits per heavy atom. The third kappa shape index (κ3) is 5.46. The van der Waals surface area contributed by atoms with Crippen LogP contribution >= 0.6 is 11.6 Å².